The molecule has 1 N–H and O–H groups in total. The highest BCUT2D eigenvalue weighted by Crippen LogP contribution is 2.51. The number of benzene rings is 1. The minimum atomic E-state index is -2.16. The summed E-state index contributed by atoms with van der Waals surface area (Å²) >= 11 is 0. The third kappa shape index (κ3) is 8.69. The van der Waals surface area contributed by atoms with Crippen LogP contribution in [-0.2, 0) is 24.8 Å². The molecule has 4 atom stereocenters. The molecule has 0 bridgehead atoms. The van der Waals surface area contributed by atoms with Gasteiger partial charge in [0.05, 0.1) is 29.8 Å². The third-order valence-electron chi connectivity index (χ3n) is 8.04. The number of nitro groups is 1. The summed E-state index contributed by atoms with van der Waals surface area (Å²) in [6.07, 6.45) is 0.0707. The van der Waals surface area contributed by atoms with Crippen molar-refractivity contribution in [3.63, 3.8) is 0 Å². The van der Waals surface area contributed by atoms with Crippen LogP contribution in [0.5, 0.6) is 0 Å². The lowest BCUT2D eigenvalue weighted by atomic mass is 10.2. The first kappa shape index (κ1) is 35.2. The minimum Gasteiger partial charge on any atom is -0.414 e. The number of rotatable bonds is 13. The van der Waals surface area contributed by atoms with Crippen LogP contribution in [0.25, 0.3) is 0 Å². The molecule has 1 fully saturated rings. The Bertz CT molecular complexity index is 1370. The molecular formula is C29H47N4O8PSi. The Morgan fingerprint density at radius 1 is 1.19 bits per heavy atom. The van der Waals surface area contributed by atoms with Crippen molar-refractivity contribution in [3.8, 4) is 0 Å². The number of ether oxygens (including phenoxy) is 1. The number of nitrogens with one attached hydrogen (secondary N) is 1. The van der Waals surface area contributed by atoms with Crippen molar-refractivity contribution in [2.24, 2.45) is 0 Å². The van der Waals surface area contributed by atoms with Crippen molar-refractivity contribution < 1.29 is 23.1 Å². The van der Waals surface area contributed by atoms with E-state index in [0.29, 0.717) is 17.5 Å². The highest BCUT2D eigenvalue weighted by Gasteiger charge is 2.44. The van der Waals surface area contributed by atoms with Gasteiger partial charge in [-0.2, -0.15) is 0 Å². The third-order valence-corrected chi connectivity index (χ3v) is 14.6. The normalized spacial score (nSPS) is 20.3. The number of aryl methyl sites for hydroxylation is 1. The first-order chi connectivity index (χ1) is 19.9. The van der Waals surface area contributed by atoms with Gasteiger partial charge in [-0.25, -0.2) is 9.46 Å². The smallest absolute Gasteiger partial charge is 0.330 e. The number of nitrogens with zero attached hydrogens (tertiary/aromatic N) is 3. The highest BCUT2D eigenvalue weighted by atomic mass is 31.2. The Balaban J connectivity index is 1.96. The van der Waals surface area contributed by atoms with Crippen LogP contribution in [0.15, 0.2) is 40.1 Å². The van der Waals surface area contributed by atoms with Gasteiger partial charge in [0.25, 0.3) is 19.8 Å². The second-order valence-corrected chi connectivity index (χ2v) is 19.2. The molecule has 3 rings (SSSR count). The summed E-state index contributed by atoms with van der Waals surface area (Å²) < 4.78 is 29.6. The summed E-state index contributed by atoms with van der Waals surface area (Å²) in [5.41, 5.74) is -0.185. The van der Waals surface area contributed by atoms with Gasteiger partial charge in [0.1, 0.15) is 12.3 Å². The molecule has 2 aromatic rings. The van der Waals surface area contributed by atoms with Crippen LogP contribution in [0.4, 0.5) is 5.69 Å². The fraction of sp³-hybridized carbons (Fsp3) is 0.655. The van der Waals surface area contributed by atoms with Crippen LogP contribution in [-0.4, -0.2) is 58.4 Å². The van der Waals surface area contributed by atoms with E-state index in [-0.39, 0.29) is 36.0 Å². The van der Waals surface area contributed by atoms with Crippen LogP contribution in [0, 0.1) is 17.0 Å². The van der Waals surface area contributed by atoms with E-state index in [9.17, 15) is 19.7 Å². The molecule has 0 spiro atoms. The van der Waals surface area contributed by atoms with Gasteiger partial charge in [-0.3, -0.25) is 24.5 Å². The summed E-state index contributed by atoms with van der Waals surface area (Å²) in [7, 11) is -3.88. The van der Waals surface area contributed by atoms with Crippen molar-refractivity contribution >= 4 is 22.5 Å². The number of para-hydroxylation sites is 1. The SMILES string of the molecule is Cc1cn([C@H]2C[C@H](OP(OCc3ccccc3[N+](=O)[O-])N(C(C)C)C(C)C)[C@@H](CO[Si](C)(C)C(C)(C)C)O2)c(=O)[nH]c1=O. The van der Waals surface area contributed by atoms with Crippen LogP contribution < -0.4 is 11.2 Å². The van der Waals surface area contributed by atoms with Gasteiger partial charge >= 0.3 is 5.69 Å². The molecule has 2 heterocycles. The van der Waals surface area contributed by atoms with E-state index < -0.39 is 51.5 Å². The van der Waals surface area contributed by atoms with Gasteiger partial charge in [0.15, 0.2) is 8.32 Å². The number of aromatic nitrogens is 2. The molecule has 1 aromatic carbocycles. The predicted molar refractivity (Wildman–Crippen MR) is 170 cm³/mol. The maximum absolute atomic E-state index is 12.8. The predicted octanol–water partition coefficient (Wildman–Crippen LogP) is 6.01. The molecule has 1 unspecified atom stereocenters. The summed E-state index contributed by atoms with van der Waals surface area (Å²) in [5.74, 6) is 0. The van der Waals surface area contributed by atoms with Gasteiger partial charge in [-0.05, 0) is 58.8 Å². The standard InChI is InChI=1S/C29H47N4O8PSi/c1-19(2)32(20(3)4)42(38-17-22-13-11-12-14-23(22)33(36)37)41-24-15-26(31-16-21(5)27(34)30-28(31)35)40-25(24)18-39-43(9,10)29(6,7)8/h11-14,16,19-20,24-26H,15,17-18H2,1-10H3,(H,30,34,35)/t24-,25+,26+,42?/m0/s1. The maximum Gasteiger partial charge on any atom is 0.330 e. The topological polar surface area (TPSA) is 138 Å². The monoisotopic (exact) mass is 638 g/mol. The molecule has 0 aliphatic carbocycles. The Morgan fingerprint density at radius 2 is 1.81 bits per heavy atom. The number of hydrogen-bond acceptors (Lipinski definition) is 9. The lowest BCUT2D eigenvalue weighted by Gasteiger charge is -2.39. The first-order valence-electron chi connectivity index (χ1n) is 14.6. The molecular weight excluding hydrogens is 591 g/mol. The lowest BCUT2D eigenvalue weighted by molar-refractivity contribution is -0.385. The van der Waals surface area contributed by atoms with Crippen LogP contribution in [0.1, 0.15) is 72.2 Å². The molecule has 1 aliphatic rings. The second kappa shape index (κ2) is 14.2. The summed E-state index contributed by atoms with van der Waals surface area (Å²) in [5, 5.41) is 11.6. The summed E-state index contributed by atoms with van der Waals surface area (Å²) in [4.78, 5) is 38.4. The number of nitro benzene ring substituents is 1. The highest BCUT2D eigenvalue weighted by molar-refractivity contribution is 7.44. The Labute approximate surface area is 255 Å². The van der Waals surface area contributed by atoms with Gasteiger partial charge in [0, 0.05) is 36.3 Å². The molecule has 43 heavy (non-hydrogen) atoms. The van der Waals surface area contributed by atoms with E-state index >= 15 is 0 Å². The Kier molecular flexibility index (Phi) is 11.7. The van der Waals surface area contributed by atoms with E-state index in [1.807, 2.05) is 27.7 Å². The Hall–Kier alpha value is -2.25. The maximum atomic E-state index is 12.8. The zero-order valence-electron chi connectivity index (χ0n) is 26.9. The van der Waals surface area contributed by atoms with Gasteiger partial charge in [0.2, 0.25) is 0 Å². The van der Waals surface area contributed by atoms with Gasteiger partial charge < -0.3 is 18.2 Å². The molecule has 0 radical (unpaired) electrons. The van der Waals surface area contributed by atoms with Crippen LogP contribution in [0.2, 0.25) is 18.1 Å². The molecule has 14 heteroatoms. The van der Waals surface area contributed by atoms with E-state index in [0.717, 1.165) is 0 Å². The Morgan fingerprint density at radius 3 is 2.40 bits per heavy atom. The average Bonchev–Trinajstić information content (AvgIpc) is 3.29. The fourth-order valence-corrected chi connectivity index (χ4v) is 7.39. The zero-order chi connectivity index (χ0) is 32.3. The first-order valence-corrected chi connectivity index (χ1v) is 18.7. The number of H-pyrrole nitrogens is 1. The number of hydrogen-bond donors (Lipinski definition) is 1. The van der Waals surface area contributed by atoms with Crippen LogP contribution in [0.3, 0.4) is 0 Å². The lowest BCUT2D eigenvalue weighted by Crippen LogP contribution is -2.44. The molecule has 240 valence electrons. The minimum absolute atomic E-state index is 0.0144. The molecule has 0 amide bonds. The van der Waals surface area contributed by atoms with Crippen LogP contribution >= 0.6 is 8.53 Å². The molecule has 1 aromatic heterocycles. The second-order valence-electron chi connectivity index (χ2n) is 13.0. The molecule has 1 saturated heterocycles. The van der Waals surface area contributed by atoms with Crippen molar-refractivity contribution in [2.75, 3.05) is 6.61 Å². The zero-order valence-corrected chi connectivity index (χ0v) is 28.8. The molecule has 12 nitrogen and oxygen atoms in total. The van der Waals surface area contributed by atoms with E-state index in [1.165, 1.54) is 16.8 Å². The summed E-state index contributed by atoms with van der Waals surface area (Å²) in [6.45, 7) is 20.8. The average molecular weight is 639 g/mol. The van der Waals surface area contributed by atoms with Crippen molar-refractivity contribution in [3.05, 3.63) is 72.5 Å². The van der Waals surface area contributed by atoms with E-state index in [4.69, 9.17) is 18.2 Å². The van der Waals surface area contributed by atoms with Gasteiger partial charge in [-0.1, -0.05) is 32.9 Å². The largest absolute Gasteiger partial charge is 0.414 e. The summed E-state index contributed by atoms with van der Waals surface area (Å²) in [6, 6.07) is 6.58. The molecule has 1 aliphatic heterocycles. The number of aromatic amines is 1. The van der Waals surface area contributed by atoms with Gasteiger partial charge in [-0.15, -0.1) is 0 Å². The van der Waals surface area contributed by atoms with Crippen molar-refractivity contribution in [2.45, 2.75) is 117 Å². The fourth-order valence-electron chi connectivity index (χ4n) is 4.62. The quantitative estimate of drug-likeness (QED) is 0.121. The molecule has 0 saturated carbocycles. The van der Waals surface area contributed by atoms with Crippen molar-refractivity contribution in [1.29, 1.82) is 0 Å². The van der Waals surface area contributed by atoms with E-state index in [1.54, 1.807) is 25.1 Å². The van der Waals surface area contributed by atoms with Crippen molar-refractivity contribution in [1.82, 2.24) is 14.2 Å². The van der Waals surface area contributed by atoms with E-state index in [2.05, 4.69) is 43.5 Å².